The molecular weight excluding hydrogens is 290 g/mol. The van der Waals surface area contributed by atoms with Gasteiger partial charge in [-0.3, -0.25) is 4.99 Å². The maximum atomic E-state index is 4.63. The Morgan fingerprint density at radius 3 is 2.54 bits per heavy atom. The van der Waals surface area contributed by atoms with Crippen molar-refractivity contribution < 1.29 is 0 Å². The molecule has 0 spiro atoms. The van der Waals surface area contributed by atoms with E-state index in [1.807, 2.05) is 13.1 Å². The lowest BCUT2D eigenvalue weighted by Crippen LogP contribution is -1.98. The lowest BCUT2D eigenvalue weighted by molar-refractivity contribution is 0.700. The first-order chi connectivity index (χ1) is 11.4. The number of hydrogen-bond donors (Lipinski definition) is 0. The smallest absolute Gasteiger partial charge is 0.0657 e. The summed E-state index contributed by atoms with van der Waals surface area (Å²) in [7, 11) is 0. The number of allylic oxidation sites excluding steroid dienone is 4. The van der Waals surface area contributed by atoms with Crippen LogP contribution in [0.25, 0.3) is 0 Å². The molecule has 1 nitrogen and oxygen atoms in total. The van der Waals surface area contributed by atoms with Gasteiger partial charge in [0, 0.05) is 6.21 Å². The molecule has 0 aliphatic heterocycles. The summed E-state index contributed by atoms with van der Waals surface area (Å²) in [4.78, 5) is 4.63. The third-order valence-electron chi connectivity index (χ3n) is 4.29. The molecule has 0 heterocycles. The van der Waals surface area contributed by atoms with E-state index >= 15 is 0 Å². The molecule has 0 aliphatic rings. The van der Waals surface area contributed by atoms with Crippen LogP contribution < -0.4 is 0 Å². The van der Waals surface area contributed by atoms with Crippen molar-refractivity contribution in [3.05, 3.63) is 70.5 Å². The van der Waals surface area contributed by atoms with Crippen LogP contribution in [0.5, 0.6) is 0 Å². The Morgan fingerprint density at radius 2 is 2.00 bits per heavy atom. The zero-order chi connectivity index (χ0) is 18.1. The van der Waals surface area contributed by atoms with Crippen LogP contribution >= 0.6 is 0 Å². The van der Waals surface area contributed by atoms with E-state index in [4.69, 9.17) is 0 Å². The van der Waals surface area contributed by atoms with Crippen LogP contribution in [0.15, 0.2) is 64.3 Å². The van der Waals surface area contributed by atoms with E-state index in [1.165, 1.54) is 22.3 Å². The third-order valence-corrected chi connectivity index (χ3v) is 4.29. The quantitative estimate of drug-likeness (QED) is 0.367. The molecule has 0 unspecified atom stereocenters. The van der Waals surface area contributed by atoms with Crippen LogP contribution in [0.3, 0.4) is 0 Å². The summed E-state index contributed by atoms with van der Waals surface area (Å²) in [6, 6.07) is 8.64. The van der Waals surface area contributed by atoms with Gasteiger partial charge in [-0.1, -0.05) is 69.2 Å². The van der Waals surface area contributed by atoms with Crippen molar-refractivity contribution >= 4 is 6.21 Å². The Morgan fingerprint density at radius 1 is 1.29 bits per heavy atom. The van der Waals surface area contributed by atoms with Gasteiger partial charge in [-0.05, 0) is 62.3 Å². The lowest BCUT2D eigenvalue weighted by atomic mass is 9.94. The Balaban J connectivity index is 3.14. The average Bonchev–Trinajstić information content (AvgIpc) is 2.52. The van der Waals surface area contributed by atoms with Gasteiger partial charge < -0.3 is 0 Å². The van der Waals surface area contributed by atoms with Gasteiger partial charge in [-0.15, -0.1) is 0 Å². The molecule has 1 aromatic rings. The van der Waals surface area contributed by atoms with Crippen LogP contribution in [-0.2, 0) is 6.42 Å². The molecule has 0 amide bonds. The highest BCUT2D eigenvalue weighted by atomic mass is 14.7. The summed E-state index contributed by atoms with van der Waals surface area (Å²) in [5, 5.41) is 0. The van der Waals surface area contributed by atoms with Crippen molar-refractivity contribution in [3.8, 4) is 0 Å². The summed E-state index contributed by atoms with van der Waals surface area (Å²) >= 11 is 0. The number of aliphatic imine (C=N–C) groups is 1. The van der Waals surface area contributed by atoms with Gasteiger partial charge in [0.15, 0.2) is 0 Å². The molecule has 0 saturated carbocycles. The maximum absolute atomic E-state index is 4.63. The first kappa shape index (κ1) is 20.2. The number of benzene rings is 1. The molecular formula is C23H33N. The highest BCUT2D eigenvalue weighted by Gasteiger charge is 2.08. The van der Waals surface area contributed by atoms with Crippen molar-refractivity contribution in [1.29, 1.82) is 0 Å². The molecule has 0 bridgehead atoms. The van der Waals surface area contributed by atoms with Crippen molar-refractivity contribution in [2.24, 2.45) is 10.9 Å². The predicted molar refractivity (Wildman–Crippen MR) is 109 cm³/mol. The maximum Gasteiger partial charge on any atom is 0.0657 e. The van der Waals surface area contributed by atoms with E-state index in [0.717, 1.165) is 30.5 Å². The fourth-order valence-electron chi connectivity index (χ4n) is 2.76. The topological polar surface area (TPSA) is 12.4 Å². The monoisotopic (exact) mass is 323 g/mol. The summed E-state index contributed by atoms with van der Waals surface area (Å²) in [6.45, 7) is 17.3. The van der Waals surface area contributed by atoms with Gasteiger partial charge in [0.2, 0.25) is 0 Å². The SMILES string of the molecule is C=C(Cc1cccc(C)c1)/C(C)=C(/C=C(/CCC)C(C)C)\N=C/C. The molecule has 0 radical (unpaired) electrons. The van der Waals surface area contributed by atoms with Crippen molar-refractivity contribution in [1.82, 2.24) is 0 Å². The molecule has 1 rings (SSSR count). The van der Waals surface area contributed by atoms with E-state index in [1.54, 1.807) is 0 Å². The minimum atomic E-state index is 0.546. The van der Waals surface area contributed by atoms with Crippen molar-refractivity contribution in [2.45, 2.75) is 60.8 Å². The van der Waals surface area contributed by atoms with Crippen LogP contribution in [-0.4, -0.2) is 6.21 Å². The molecule has 0 aliphatic carbocycles. The van der Waals surface area contributed by atoms with Crippen LogP contribution in [0.2, 0.25) is 0 Å². The molecule has 0 N–H and O–H groups in total. The zero-order valence-electron chi connectivity index (χ0n) is 16.3. The lowest BCUT2D eigenvalue weighted by Gasteiger charge is -2.14. The molecule has 1 aromatic carbocycles. The standard InChI is InChI=1S/C23H33N/c1-8-11-22(17(3)4)16-23(24-9-2)20(7)19(6)15-21-13-10-12-18(5)14-21/h9-10,12-14,16-17H,6,8,11,15H2,1-5,7H3/b22-16-,23-20-,24-9-. The molecule has 130 valence electrons. The Hall–Kier alpha value is -1.89. The zero-order valence-corrected chi connectivity index (χ0v) is 16.3. The van der Waals surface area contributed by atoms with Crippen LogP contribution in [0, 0.1) is 12.8 Å². The second-order valence-electron chi connectivity index (χ2n) is 6.79. The van der Waals surface area contributed by atoms with Crippen LogP contribution in [0.1, 0.15) is 58.6 Å². The highest BCUT2D eigenvalue weighted by Crippen LogP contribution is 2.24. The Bertz CT molecular complexity index is 642. The second kappa shape index (κ2) is 10.1. The summed E-state index contributed by atoms with van der Waals surface area (Å²) in [5.74, 6) is 0.546. The average molecular weight is 324 g/mol. The summed E-state index contributed by atoms with van der Waals surface area (Å²) in [6.07, 6.45) is 7.30. The molecule has 0 aromatic heterocycles. The number of rotatable bonds is 8. The van der Waals surface area contributed by atoms with Crippen LogP contribution in [0.4, 0.5) is 0 Å². The van der Waals surface area contributed by atoms with Gasteiger partial charge in [-0.2, -0.15) is 0 Å². The van der Waals surface area contributed by atoms with Gasteiger partial charge in [0.25, 0.3) is 0 Å². The van der Waals surface area contributed by atoms with Crippen molar-refractivity contribution in [3.63, 3.8) is 0 Å². The largest absolute Gasteiger partial charge is 0.261 e. The van der Waals surface area contributed by atoms with E-state index in [9.17, 15) is 0 Å². The van der Waals surface area contributed by atoms with E-state index in [-0.39, 0.29) is 0 Å². The fourth-order valence-corrected chi connectivity index (χ4v) is 2.76. The fraction of sp³-hybridized carbons (Fsp3) is 0.435. The first-order valence-corrected chi connectivity index (χ1v) is 9.02. The third kappa shape index (κ3) is 6.31. The van der Waals surface area contributed by atoms with Gasteiger partial charge in [0.05, 0.1) is 5.70 Å². The minimum Gasteiger partial charge on any atom is -0.261 e. The minimum absolute atomic E-state index is 0.546. The molecule has 0 atom stereocenters. The number of aryl methyl sites for hydroxylation is 1. The van der Waals surface area contributed by atoms with E-state index in [0.29, 0.717) is 5.92 Å². The van der Waals surface area contributed by atoms with Gasteiger partial charge in [0.1, 0.15) is 0 Å². The predicted octanol–water partition coefficient (Wildman–Crippen LogP) is 6.84. The summed E-state index contributed by atoms with van der Waals surface area (Å²) in [5.41, 5.74) is 7.42. The number of nitrogens with zero attached hydrogens (tertiary/aromatic N) is 1. The molecule has 1 heteroatoms. The molecule has 0 saturated heterocycles. The van der Waals surface area contributed by atoms with Crippen molar-refractivity contribution in [2.75, 3.05) is 0 Å². The van der Waals surface area contributed by atoms with E-state index in [2.05, 4.69) is 76.5 Å². The van der Waals surface area contributed by atoms with Gasteiger partial charge in [-0.25, -0.2) is 0 Å². The summed E-state index contributed by atoms with van der Waals surface area (Å²) < 4.78 is 0. The first-order valence-electron chi connectivity index (χ1n) is 9.02. The van der Waals surface area contributed by atoms with E-state index < -0.39 is 0 Å². The second-order valence-corrected chi connectivity index (χ2v) is 6.79. The molecule has 0 fully saturated rings. The van der Waals surface area contributed by atoms with Gasteiger partial charge >= 0.3 is 0 Å². The highest BCUT2D eigenvalue weighted by molar-refractivity contribution is 5.58. The normalized spacial score (nSPS) is 13.5. The molecule has 24 heavy (non-hydrogen) atoms. The Labute approximate surface area is 148 Å². The number of hydrogen-bond acceptors (Lipinski definition) is 1. The Kier molecular flexibility index (Phi) is 8.46.